The number of hydrogen-bond donors (Lipinski definition) is 2. The van der Waals surface area contributed by atoms with Gasteiger partial charge in [0.2, 0.25) is 11.8 Å². The highest BCUT2D eigenvalue weighted by atomic mass is 32.2. The van der Waals surface area contributed by atoms with E-state index in [-0.39, 0.29) is 17.5 Å². The summed E-state index contributed by atoms with van der Waals surface area (Å²) in [4.78, 5) is 23.4. The van der Waals surface area contributed by atoms with Crippen molar-refractivity contribution in [3.8, 4) is 17.7 Å². The number of nitriles is 1. The third-order valence-corrected chi connectivity index (χ3v) is 7.61. The number of rotatable bonds is 8. The van der Waals surface area contributed by atoms with Crippen molar-refractivity contribution in [2.75, 3.05) is 24.7 Å². The molecule has 1 saturated heterocycles. The molecule has 198 valence electrons. The van der Waals surface area contributed by atoms with Gasteiger partial charge in [0.15, 0.2) is 9.84 Å². The van der Waals surface area contributed by atoms with Crippen LogP contribution in [0, 0.1) is 25.2 Å². The Bertz CT molecular complexity index is 1470. The summed E-state index contributed by atoms with van der Waals surface area (Å²) in [6, 6.07) is 12.7. The molecule has 11 heteroatoms. The van der Waals surface area contributed by atoms with Crippen molar-refractivity contribution >= 4 is 21.7 Å². The van der Waals surface area contributed by atoms with Crippen LogP contribution in [-0.4, -0.2) is 54.6 Å². The molecule has 2 heterocycles. The molecule has 38 heavy (non-hydrogen) atoms. The van der Waals surface area contributed by atoms with E-state index in [9.17, 15) is 18.5 Å². The van der Waals surface area contributed by atoms with Crippen LogP contribution in [0.5, 0.6) is 11.6 Å². The number of hydrogen-bond acceptors (Lipinski definition) is 9. The van der Waals surface area contributed by atoms with Gasteiger partial charge in [0, 0.05) is 38.1 Å². The number of benzene rings is 2. The lowest BCUT2D eigenvalue weighted by molar-refractivity contribution is 0.0997. The van der Waals surface area contributed by atoms with Crippen LogP contribution in [0.25, 0.3) is 0 Å². The van der Waals surface area contributed by atoms with E-state index in [4.69, 9.17) is 10.5 Å². The van der Waals surface area contributed by atoms with Crippen LogP contribution >= 0.6 is 0 Å². The third-order valence-electron chi connectivity index (χ3n) is 6.49. The third kappa shape index (κ3) is 6.45. The van der Waals surface area contributed by atoms with Gasteiger partial charge in [-0.3, -0.25) is 9.69 Å². The van der Waals surface area contributed by atoms with Gasteiger partial charge in [-0.25, -0.2) is 13.4 Å². The van der Waals surface area contributed by atoms with Gasteiger partial charge in [-0.05, 0) is 67.6 Å². The monoisotopic (exact) mass is 534 g/mol. The average Bonchev–Trinajstić information content (AvgIpc) is 2.87. The molecule has 3 N–H and O–H groups in total. The summed E-state index contributed by atoms with van der Waals surface area (Å²) in [6.45, 7) is 6.07. The molecule has 0 unspecified atom stereocenters. The van der Waals surface area contributed by atoms with Crippen molar-refractivity contribution in [3.63, 3.8) is 0 Å². The van der Waals surface area contributed by atoms with E-state index in [1.807, 2.05) is 26.0 Å². The summed E-state index contributed by atoms with van der Waals surface area (Å²) < 4.78 is 29.4. The summed E-state index contributed by atoms with van der Waals surface area (Å²) >= 11 is 0. The summed E-state index contributed by atoms with van der Waals surface area (Å²) in [5.41, 5.74) is 8.66. The van der Waals surface area contributed by atoms with Crippen LogP contribution in [0.3, 0.4) is 0 Å². The van der Waals surface area contributed by atoms with Crippen LogP contribution in [0.15, 0.2) is 47.5 Å². The number of primary amides is 1. The van der Waals surface area contributed by atoms with E-state index in [0.29, 0.717) is 22.2 Å². The Morgan fingerprint density at radius 3 is 2.37 bits per heavy atom. The van der Waals surface area contributed by atoms with Crippen molar-refractivity contribution in [1.82, 2.24) is 14.9 Å². The summed E-state index contributed by atoms with van der Waals surface area (Å²) in [6.07, 6.45) is 4.27. The Labute approximate surface area is 222 Å². The van der Waals surface area contributed by atoms with Crippen LogP contribution in [0.4, 0.5) is 5.95 Å². The molecule has 1 amide bonds. The molecule has 4 rings (SSSR count). The molecular formula is C27H30N6O4S. The van der Waals surface area contributed by atoms with Gasteiger partial charge in [-0.15, -0.1) is 0 Å². The minimum Gasteiger partial charge on any atom is -0.437 e. The zero-order chi connectivity index (χ0) is 27.4. The van der Waals surface area contributed by atoms with Crippen LogP contribution < -0.4 is 15.8 Å². The first-order chi connectivity index (χ1) is 18.0. The first-order valence-electron chi connectivity index (χ1n) is 12.2. The predicted molar refractivity (Wildman–Crippen MR) is 143 cm³/mol. The van der Waals surface area contributed by atoms with E-state index < -0.39 is 15.7 Å². The molecule has 0 saturated carbocycles. The number of likely N-dealkylation sites (tertiary alicyclic amines) is 1. The first-order valence-corrected chi connectivity index (χ1v) is 14.1. The second kappa shape index (κ2) is 11.2. The first kappa shape index (κ1) is 27.0. The average molecular weight is 535 g/mol. The largest absolute Gasteiger partial charge is 0.437 e. The molecule has 0 radical (unpaired) electrons. The number of nitrogens with two attached hydrogens (primary N) is 1. The van der Waals surface area contributed by atoms with Crippen molar-refractivity contribution < 1.29 is 17.9 Å². The number of piperidine rings is 1. The molecule has 2 aromatic carbocycles. The smallest absolute Gasteiger partial charge is 0.255 e. The van der Waals surface area contributed by atoms with Crippen LogP contribution in [-0.2, 0) is 16.4 Å². The summed E-state index contributed by atoms with van der Waals surface area (Å²) in [5.74, 6) is 0.201. The highest BCUT2D eigenvalue weighted by molar-refractivity contribution is 7.90. The number of sulfone groups is 1. The second-order valence-corrected chi connectivity index (χ2v) is 11.6. The Morgan fingerprint density at radius 2 is 1.82 bits per heavy atom. The molecule has 1 aliphatic rings. The highest BCUT2D eigenvalue weighted by Gasteiger charge is 2.22. The molecule has 0 atom stereocenters. The van der Waals surface area contributed by atoms with Gasteiger partial charge >= 0.3 is 0 Å². The number of amides is 1. The Kier molecular flexibility index (Phi) is 7.94. The number of aromatic nitrogens is 2. The van der Waals surface area contributed by atoms with E-state index >= 15 is 0 Å². The van der Waals surface area contributed by atoms with Gasteiger partial charge in [0.05, 0.1) is 16.5 Å². The van der Waals surface area contributed by atoms with Gasteiger partial charge in [-0.1, -0.05) is 12.1 Å². The van der Waals surface area contributed by atoms with Gasteiger partial charge in [0.1, 0.15) is 11.3 Å². The van der Waals surface area contributed by atoms with E-state index in [1.54, 1.807) is 24.3 Å². The Balaban J connectivity index is 1.41. The molecule has 1 fully saturated rings. The topological polar surface area (TPSA) is 151 Å². The Morgan fingerprint density at radius 1 is 1.18 bits per heavy atom. The normalized spacial score (nSPS) is 14.6. The van der Waals surface area contributed by atoms with Crippen molar-refractivity contribution in [1.29, 1.82) is 5.26 Å². The molecule has 0 aliphatic carbocycles. The van der Waals surface area contributed by atoms with Crippen LogP contribution in [0.1, 0.15) is 45.5 Å². The van der Waals surface area contributed by atoms with Gasteiger partial charge < -0.3 is 15.8 Å². The number of anilines is 1. The molecule has 3 aromatic rings. The molecule has 1 aromatic heterocycles. The summed E-state index contributed by atoms with van der Waals surface area (Å²) in [7, 11) is -3.21. The number of nitrogens with one attached hydrogen (secondary N) is 1. The fraction of sp³-hybridized carbons (Fsp3) is 0.333. The van der Waals surface area contributed by atoms with Crippen molar-refractivity contribution in [3.05, 3.63) is 70.4 Å². The fourth-order valence-electron chi connectivity index (χ4n) is 4.47. The number of carbonyl (C=O) groups excluding carboxylic acids is 1. The number of carbonyl (C=O) groups is 1. The lowest BCUT2D eigenvalue weighted by Gasteiger charge is -2.32. The zero-order valence-corrected chi connectivity index (χ0v) is 22.4. The fourth-order valence-corrected chi connectivity index (χ4v) is 5.10. The van der Waals surface area contributed by atoms with Gasteiger partial charge in [0.25, 0.3) is 5.91 Å². The van der Waals surface area contributed by atoms with Crippen molar-refractivity contribution in [2.24, 2.45) is 5.73 Å². The highest BCUT2D eigenvalue weighted by Crippen LogP contribution is 2.31. The lowest BCUT2D eigenvalue weighted by atomic mass is 10.0. The predicted octanol–water partition coefficient (Wildman–Crippen LogP) is 3.34. The minimum atomic E-state index is -3.21. The molecule has 1 aliphatic heterocycles. The molecule has 0 spiro atoms. The van der Waals surface area contributed by atoms with E-state index in [2.05, 4.69) is 26.3 Å². The van der Waals surface area contributed by atoms with Gasteiger partial charge in [-0.2, -0.15) is 10.2 Å². The zero-order valence-electron chi connectivity index (χ0n) is 21.6. The maximum Gasteiger partial charge on any atom is 0.255 e. The molecular weight excluding hydrogens is 504 g/mol. The lowest BCUT2D eigenvalue weighted by Crippen LogP contribution is -2.39. The SMILES string of the molecule is Cc1cc(C#N)cc(C)c1Oc1nc(NC2CCN(Cc3ccc(S(C)(=O)=O)cc3)CC2)ncc1C(N)=O. The summed E-state index contributed by atoms with van der Waals surface area (Å²) in [5, 5.41) is 12.5. The minimum absolute atomic E-state index is 0.0564. The van der Waals surface area contributed by atoms with E-state index in [1.165, 1.54) is 12.5 Å². The molecule has 0 bridgehead atoms. The maximum absolute atomic E-state index is 12.0. The van der Waals surface area contributed by atoms with E-state index in [0.717, 1.165) is 49.2 Å². The Hall–Kier alpha value is -4.01. The van der Waals surface area contributed by atoms with Crippen molar-refractivity contribution in [2.45, 2.75) is 44.2 Å². The number of nitrogens with zero attached hydrogens (tertiary/aromatic N) is 4. The quantitative estimate of drug-likeness (QED) is 0.443. The van der Waals surface area contributed by atoms with Crippen LogP contribution in [0.2, 0.25) is 0 Å². The standard InChI is InChI=1S/C27H30N6O4S/c1-17-12-20(14-28)13-18(2)24(17)37-26-23(25(29)34)15-30-27(32-26)31-21-8-10-33(11-9-21)16-19-4-6-22(7-5-19)38(3,35)36/h4-7,12-13,15,21H,8-11,16H2,1-3H3,(H2,29,34)(H,30,31,32). The molecule has 10 nitrogen and oxygen atoms in total. The maximum atomic E-state index is 12.0. The number of ether oxygens (including phenoxy) is 1. The number of aryl methyl sites for hydroxylation is 2. The second-order valence-electron chi connectivity index (χ2n) is 9.54.